The van der Waals surface area contributed by atoms with E-state index in [1.807, 2.05) is 12.5 Å². The van der Waals surface area contributed by atoms with Gasteiger partial charge in [-0.05, 0) is 12.3 Å². The predicted octanol–water partition coefficient (Wildman–Crippen LogP) is 3.41. The number of ether oxygens (including phenoxy) is 1. The lowest BCUT2D eigenvalue weighted by molar-refractivity contribution is 0.114. The highest BCUT2D eigenvalue weighted by Gasteiger charge is 2.05. The average Bonchev–Trinajstić information content (AvgIpc) is 2.88. The normalized spacial score (nSPS) is 11.3. The maximum atomic E-state index is 9.15. The number of hydrogen-bond donors (Lipinski definition) is 1. The summed E-state index contributed by atoms with van der Waals surface area (Å²) in [5.41, 5.74) is 0. The monoisotopic (exact) mass is 256 g/mol. The first-order valence-corrected chi connectivity index (χ1v) is 6.36. The zero-order valence-corrected chi connectivity index (χ0v) is 11.5. The zero-order valence-electron chi connectivity index (χ0n) is 11.5. The summed E-state index contributed by atoms with van der Waals surface area (Å²) in [6.07, 6.45) is 9.86. The Morgan fingerprint density at radius 1 is 1.50 bits per heavy atom. The maximum Gasteiger partial charge on any atom is 0.505 e. The lowest BCUT2D eigenvalue weighted by atomic mass is 9.99. The molecular weight excluding hydrogens is 232 g/mol. The summed E-state index contributed by atoms with van der Waals surface area (Å²) in [4.78, 5) is 13.2. The molecule has 0 amide bonds. The summed E-state index contributed by atoms with van der Waals surface area (Å²) in [5.74, 6) is 0.828. The number of hydrogen-bond acceptors (Lipinski definition) is 3. The Morgan fingerprint density at radius 3 is 2.56 bits per heavy atom. The summed E-state index contributed by atoms with van der Waals surface area (Å²) in [7, 11) is 1.10. The summed E-state index contributed by atoms with van der Waals surface area (Å²) >= 11 is 0. The highest BCUT2D eigenvalue weighted by molar-refractivity contribution is 5.56. The van der Waals surface area contributed by atoms with Gasteiger partial charge in [0, 0.05) is 18.9 Å². The molecule has 0 aliphatic rings. The van der Waals surface area contributed by atoms with Crippen LogP contribution in [0.5, 0.6) is 0 Å². The van der Waals surface area contributed by atoms with Gasteiger partial charge in [0.15, 0.2) is 0 Å². The Hall–Kier alpha value is -1.52. The zero-order chi connectivity index (χ0) is 13.8. The fourth-order valence-corrected chi connectivity index (χ4v) is 1.61. The van der Waals surface area contributed by atoms with Crippen LogP contribution in [-0.4, -0.2) is 27.9 Å². The van der Waals surface area contributed by atoms with Gasteiger partial charge >= 0.3 is 6.16 Å². The molecule has 18 heavy (non-hydrogen) atoms. The predicted molar refractivity (Wildman–Crippen MR) is 70.6 cm³/mol. The van der Waals surface area contributed by atoms with Crippen LogP contribution in [0.1, 0.15) is 39.5 Å². The molecule has 0 radical (unpaired) electrons. The molecule has 1 aromatic rings. The molecule has 5 heteroatoms. The minimum absolute atomic E-state index is 0.828. The number of carbonyl (C=O) groups is 1. The molecule has 1 heterocycles. The number of rotatable bonds is 6. The van der Waals surface area contributed by atoms with Crippen molar-refractivity contribution in [3.05, 3.63) is 18.7 Å². The summed E-state index contributed by atoms with van der Waals surface area (Å²) < 4.78 is 5.85. The lowest BCUT2D eigenvalue weighted by Gasteiger charge is -2.14. The highest BCUT2D eigenvalue weighted by atomic mass is 16.6. The van der Waals surface area contributed by atoms with E-state index in [1.54, 1.807) is 0 Å². The number of unbranched alkanes of at least 4 members (excludes halogenated alkanes) is 1. The first-order valence-electron chi connectivity index (χ1n) is 6.36. The van der Waals surface area contributed by atoms with Gasteiger partial charge in [0.05, 0.1) is 13.4 Å². The van der Waals surface area contributed by atoms with Crippen LogP contribution in [0, 0.1) is 5.92 Å². The molecule has 1 unspecified atom stereocenters. The van der Waals surface area contributed by atoms with E-state index in [0.717, 1.165) is 19.6 Å². The molecule has 1 N–H and O–H groups in total. The van der Waals surface area contributed by atoms with Crippen molar-refractivity contribution in [2.45, 2.75) is 46.1 Å². The van der Waals surface area contributed by atoms with Crippen molar-refractivity contribution in [3.63, 3.8) is 0 Å². The third-order valence-corrected chi connectivity index (χ3v) is 2.75. The Morgan fingerprint density at radius 2 is 2.17 bits per heavy atom. The van der Waals surface area contributed by atoms with Gasteiger partial charge in [0.2, 0.25) is 0 Å². The van der Waals surface area contributed by atoms with Crippen molar-refractivity contribution >= 4 is 6.16 Å². The Balaban J connectivity index is 0.000000494. The van der Waals surface area contributed by atoms with Gasteiger partial charge < -0.3 is 14.4 Å². The standard InChI is InChI=1S/C11H20N2.C2H4O3/c1-3-5-6-11(4-2)9-13-8-7-12-10-13;1-5-2(3)4/h7-8,10-11H,3-6,9H2,1-2H3;1H3,(H,3,4). The summed E-state index contributed by atoms with van der Waals surface area (Å²) in [6, 6.07) is 0. The molecule has 0 saturated carbocycles. The minimum Gasteiger partial charge on any atom is -0.450 e. The van der Waals surface area contributed by atoms with E-state index >= 15 is 0 Å². The molecule has 0 aliphatic carbocycles. The van der Waals surface area contributed by atoms with Crippen LogP contribution in [0.15, 0.2) is 18.7 Å². The van der Waals surface area contributed by atoms with Crippen LogP contribution in [0.4, 0.5) is 4.79 Å². The van der Waals surface area contributed by atoms with Gasteiger partial charge in [-0.3, -0.25) is 0 Å². The van der Waals surface area contributed by atoms with E-state index < -0.39 is 6.16 Å². The Labute approximate surface area is 109 Å². The molecule has 0 bridgehead atoms. The molecule has 104 valence electrons. The molecule has 5 nitrogen and oxygen atoms in total. The second-order valence-electron chi connectivity index (χ2n) is 4.15. The number of aromatic nitrogens is 2. The van der Waals surface area contributed by atoms with Gasteiger partial charge in [0.25, 0.3) is 0 Å². The molecule has 0 fully saturated rings. The van der Waals surface area contributed by atoms with E-state index in [2.05, 4.69) is 34.3 Å². The summed E-state index contributed by atoms with van der Waals surface area (Å²) in [5, 5.41) is 7.50. The third kappa shape index (κ3) is 8.61. The molecule has 1 aromatic heterocycles. The minimum atomic E-state index is -1.25. The van der Waals surface area contributed by atoms with E-state index in [0.29, 0.717) is 0 Å². The average molecular weight is 256 g/mol. The van der Waals surface area contributed by atoms with Crippen molar-refractivity contribution in [2.75, 3.05) is 7.11 Å². The largest absolute Gasteiger partial charge is 0.505 e. The molecule has 0 saturated heterocycles. The van der Waals surface area contributed by atoms with Gasteiger partial charge in [-0.25, -0.2) is 9.78 Å². The van der Waals surface area contributed by atoms with E-state index in [-0.39, 0.29) is 0 Å². The van der Waals surface area contributed by atoms with E-state index in [9.17, 15) is 0 Å². The first kappa shape index (κ1) is 16.5. The number of imidazole rings is 1. The number of methoxy groups -OCH3 is 1. The molecule has 0 spiro atoms. The van der Waals surface area contributed by atoms with Crippen molar-refractivity contribution < 1.29 is 14.6 Å². The molecule has 1 atom stereocenters. The van der Waals surface area contributed by atoms with Crippen LogP contribution in [0.25, 0.3) is 0 Å². The van der Waals surface area contributed by atoms with Crippen molar-refractivity contribution in [1.29, 1.82) is 0 Å². The van der Waals surface area contributed by atoms with Crippen molar-refractivity contribution in [3.8, 4) is 0 Å². The van der Waals surface area contributed by atoms with Gasteiger partial charge in [-0.1, -0.05) is 33.1 Å². The van der Waals surface area contributed by atoms with Gasteiger partial charge in [0.1, 0.15) is 0 Å². The smallest absolute Gasteiger partial charge is 0.450 e. The molecule has 0 aromatic carbocycles. The number of carboxylic acid groups (broad SMARTS) is 1. The highest BCUT2D eigenvalue weighted by Crippen LogP contribution is 2.14. The SMILES string of the molecule is CCCCC(CC)Cn1ccnc1.COC(=O)O. The topological polar surface area (TPSA) is 64.4 Å². The second-order valence-corrected chi connectivity index (χ2v) is 4.15. The van der Waals surface area contributed by atoms with Crippen LogP contribution >= 0.6 is 0 Å². The van der Waals surface area contributed by atoms with Crippen LogP contribution in [-0.2, 0) is 11.3 Å². The van der Waals surface area contributed by atoms with Gasteiger partial charge in [-0.2, -0.15) is 0 Å². The molecule has 0 aliphatic heterocycles. The fraction of sp³-hybridized carbons (Fsp3) is 0.692. The molecule has 1 rings (SSSR count). The van der Waals surface area contributed by atoms with Gasteiger partial charge in [-0.15, -0.1) is 0 Å². The number of nitrogens with zero attached hydrogens (tertiary/aromatic N) is 2. The maximum absolute atomic E-state index is 9.15. The summed E-state index contributed by atoms with van der Waals surface area (Å²) in [6.45, 7) is 5.66. The van der Waals surface area contributed by atoms with Crippen LogP contribution in [0.3, 0.4) is 0 Å². The lowest BCUT2D eigenvalue weighted by Crippen LogP contribution is -2.08. The Bertz CT molecular complexity index is 299. The first-order chi connectivity index (χ1) is 8.63. The van der Waals surface area contributed by atoms with Crippen molar-refractivity contribution in [2.24, 2.45) is 5.92 Å². The third-order valence-electron chi connectivity index (χ3n) is 2.75. The Kier molecular flexibility index (Phi) is 9.73. The van der Waals surface area contributed by atoms with Crippen LogP contribution < -0.4 is 0 Å². The van der Waals surface area contributed by atoms with E-state index in [4.69, 9.17) is 9.90 Å². The molecular formula is C13H24N2O3. The van der Waals surface area contributed by atoms with E-state index in [1.165, 1.54) is 25.7 Å². The fourth-order valence-electron chi connectivity index (χ4n) is 1.61. The second kappa shape index (κ2) is 10.6. The van der Waals surface area contributed by atoms with Crippen LogP contribution in [0.2, 0.25) is 0 Å². The van der Waals surface area contributed by atoms with Crippen molar-refractivity contribution in [1.82, 2.24) is 9.55 Å². The quantitative estimate of drug-likeness (QED) is 0.792.